The molecule has 0 unspecified atom stereocenters. The van der Waals surface area contributed by atoms with Gasteiger partial charge in [0.15, 0.2) is 0 Å². The first-order chi connectivity index (χ1) is 12.3. The zero-order chi connectivity index (χ0) is 17.7. The molecular weight excluding hydrogens is 302 g/mol. The Labute approximate surface area is 156 Å². The smallest absolute Gasteiger partial charge is 0.0908 e. The maximum absolute atomic E-state index is 8.63. The fourth-order valence-corrected chi connectivity index (χ4v) is 4.73. The number of nitrogens with zero attached hydrogens (tertiary/aromatic N) is 1. The first-order valence-corrected chi connectivity index (χ1v) is 11.1. The maximum atomic E-state index is 8.63. The summed E-state index contributed by atoms with van der Waals surface area (Å²) >= 11 is 0. The minimum Gasteiger partial charge on any atom is -0.193 e. The molecule has 0 bridgehead atoms. The lowest BCUT2D eigenvalue weighted by Gasteiger charge is -2.28. The Bertz CT molecular complexity index is 426. The molecule has 0 aromatic heterocycles. The summed E-state index contributed by atoms with van der Waals surface area (Å²) in [7, 11) is 0. The standard InChI is InChI=1S/C24H39N/c1-2-3-4-5-6-8-21-10-14-23(15-11-21)18-19-24-16-12-22(13-17-24)9-7-20-25/h7,9,18-19,21-24H,2-6,8,10-17H2,1H3. The first-order valence-electron chi connectivity index (χ1n) is 11.1. The Balaban J connectivity index is 1.57. The van der Waals surface area contributed by atoms with E-state index in [1.807, 2.05) is 0 Å². The van der Waals surface area contributed by atoms with E-state index in [1.165, 1.54) is 89.9 Å². The SMILES string of the molecule is CCCCCCCC1CCC(C=CC2CCC(C=CC#N)CC2)CC1. The van der Waals surface area contributed by atoms with Gasteiger partial charge in [0.25, 0.3) is 0 Å². The van der Waals surface area contributed by atoms with E-state index in [0.717, 1.165) is 17.8 Å². The third-order valence-electron chi connectivity index (χ3n) is 6.52. The van der Waals surface area contributed by atoms with Crippen molar-refractivity contribution in [1.29, 1.82) is 5.26 Å². The molecule has 0 aliphatic heterocycles. The van der Waals surface area contributed by atoms with Gasteiger partial charge in [-0.25, -0.2) is 0 Å². The molecular formula is C24H39N. The van der Waals surface area contributed by atoms with E-state index in [9.17, 15) is 0 Å². The molecule has 0 aromatic carbocycles. The summed E-state index contributed by atoms with van der Waals surface area (Å²) in [6.07, 6.45) is 28.5. The maximum Gasteiger partial charge on any atom is 0.0908 e. The molecule has 0 N–H and O–H groups in total. The molecule has 1 nitrogen and oxygen atoms in total. The highest BCUT2D eigenvalue weighted by molar-refractivity contribution is 5.05. The Kier molecular flexibility index (Phi) is 10.0. The average molecular weight is 342 g/mol. The second kappa shape index (κ2) is 12.3. The van der Waals surface area contributed by atoms with Gasteiger partial charge in [-0.3, -0.25) is 0 Å². The van der Waals surface area contributed by atoms with E-state index in [4.69, 9.17) is 5.26 Å². The van der Waals surface area contributed by atoms with Gasteiger partial charge in [-0.1, -0.05) is 63.7 Å². The van der Waals surface area contributed by atoms with Crippen LogP contribution in [-0.4, -0.2) is 0 Å². The molecule has 2 saturated carbocycles. The fourth-order valence-electron chi connectivity index (χ4n) is 4.73. The molecule has 0 heterocycles. The monoisotopic (exact) mass is 341 g/mol. The van der Waals surface area contributed by atoms with Crippen LogP contribution < -0.4 is 0 Å². The molecule has 2 aliphatic rings. The molecule has 0 saturated heterocycles. The highest BCUT2D eigenvalue weighted by atomic mass is 14.3. The van der Waals surface area contributed by atoms with Crippen LogP contribution in [0.2, 0.25) is 0 Å². The lowest BCUT2D eigenvalue weighted by Crippen LogP contribution is -2.14. The van der Waals surface area contributed by atoms with Gasteiger partial charge >= 0.3 is 0 Å². The Hall–Kier alpha value is -1.03. The number of unbranched alkanes of at least 4 members (excludes halogenated alkanes) is 4. The normalized spacial score (nSPS) is 30.7. The van der Waals surface area contributed by atoms with Gasteiger partial charge in [0.05, 0.1) is 6.07 Å². The quantitative estimate of drug-likeness (QED) is 0.241. The van der Waals surface area contributed by atoms with Crippen LogP contribution in [-0.2, 0) is 0 Å². The summed E-state index contributed by atoms with van der Waals surface area (Å²) in [5.41, 5.74) is 0. The van der Waals surface area contributed by atoms with Crippen molar-refractivity contribution in [2.75, 3.05) is 0 Å². The van der Waals surface area contributed by atoms with E-state index in [-0.39, 0.29) is 0 Å². The van der Waals surface area contributed by atoms with Crippen molar-refractivity contribution < 1.29 is 0 Å². The number of rotatable bonds is 9. The third-order valence-corrected chi connectivity index (χ3v) is 6.52. The lowest BCUT2D eigenvalue weighted by molar-refractivity contribution is 0.287. The number of hydrogen-bond donors (Lipinski definition) is 0. The molecule has 0 spiro atoms. The molecule has 2 rings (SSSR count). The Morgan fingerprint density at radius 2 is 1.24 bits per heavy atom. The molecule has 0 radical (unpaired) electrons. The summed E-state index contributed by atoms with van der Waals surface area (Å²) in [6, 6.07) is 2.12. The summed E-state index contributed by atoms with van der Waals surface area (Å²) in [6.45, 7) is 2.30. The zero-order valence-corrected chi connectivity index (χ0v) is 16.5. The molecule has 0 atom stereocenters. The van der Waals surface area contributed by atoms with Gasteiger partial charge in [0, 0.05) is 6.08 Å². The highest BCUT2D eigenvalue weighted by Gasteiger charge is 2.21. The van der Waals surface area contributed by atoms with Crippen molar-refractivity contribution in [2.45, 2.75) is 96.8 Å². The van der Waals surface area contributed by atoms with E-state index in [2.05, 4.69) is 31.2 Å². The van der Waals surface area contributed by atoms with E-state index in [0.29, 0.717) is 5.92 Å². The number of nitriles is 1. The Morgan fingerprint density at radius 1 is 0.720 bits per heavy atom. The van der Waals surface area contributed by atoms with Crippen LogP contribution in [0, 0.1) is 35.0 Å². The Morgan fingerprint density at radius 3 is 1.80 bits per heavy atom. The van der Waals surface area contributed by atoms with Gasteiger partial charge in [-0.15, -0.1) is 0 Å². The zero-order valence-electron chi connectivity index (χ0n) is 16.5. The van der Waals surface area contributed by atoms with Gasteiger partial charge < -0.3 is 0 Å². The second-order valence-corrected chi connectivity index (χ2v) is 8.53. The molecule has 0 aromatic rings. The first kappa shape index (κ1) is 20.3. The minimum atomic E-state index is 0.650. The second-order valence-electron chi connectivity index (χ2n) is 8.53. The van der Waals surface area contributed by atoms with Gasteiger partial charge in [-0.05, 0) is 75.0 Å². The molecule has 140 valence electrons. The van der Waals surface area contributed by atoms with Crippen LogP contribution >= 0.6 is 0 Å². The molecule has 2 aliphatic carbocycles. The van der Waals surface area contributed by atoms with Crippen molar-refractivity contribution >= 4 is 0 Å². The highest BCUT2D eigenvalue weighted by Crippen LogP contribution is 2.35. The van der Waals surface area contributed by atoms with Crippen molar-refractivity contribution in [3.63, 3.8) is 0 Å². The van der Waals surface area contributed by atoms with Crippen LogP contribution in [0.4, 0.5) is 0 Å². The van der Waals surface area contributed by atoms with E-state index < -0.39 is 0 Å². The predicted octanol–water partition coefficient (Wildman–Crippen LogP) is 7.60. The average Bonchev–Trinajstić information content (AvgIpc) is 2.66. The van der Waals surface area contributed by atoms with E-state index >= 15 is 0 Å². The van der Waals surface area contributed by atoms with E-state index in [1.54, 1.807) is 6.08 Å². The largest absolute Gasteiger partial charge is 0.193 e. The number of hydrogen-bond acceptors (Lipinski definition) is 1. The molecule has 1 heteroatoms. The van der Waals surface area contributed by atoms with Crippen molar-refractivity contribution in [3.8, 4) is 6.07 Å². The fraction of sp³-hybridized carbons (Fsp3) is 0.792. The van der Waals surface area contributed by atoms with Crippen LogP contribution in [0.5, 0.6) is 0 Å². The van der Waals surface area contributed by atoms with Crippen LogP contribution in [0.1, 0.15) is 96.8 Å². The summed E-state index contributed by atoms with van der Waals surface area (Å²) < 4.78 is 0. The molecule has 25 heavy (non-hydrogen) atoms. The van der Waals surface area contributed by atoms with Gasteiger partial charge in [0.1, 0.15) is 0 Å². The van der Waals surface area contributed by atoms with Crippen molar-refractivity contribution in [3.05, 3.63) is 24.3 Å². The van der Waals surface area contributed by atoms with Gasteiger partial charge in [0.2, 0.25) is 0 Å². The van der Waals surface area contributed by atoms with Crippen LogP contribution in [0.15, 0.2) is 24.3 Å². The summed E-state index contributed by atoms with van der Waals surface area (Å²) in [5.74, 6) is 3.32. The minimum absolute atomic E-state index is 0.650. The van der Waals surface area contributed by atoms with Gasteiger partial charge in [-0.2, -0.15) is 5.26 Å². The number of allylic oxidation sites excluding steroid dienone is 4. The van der Waals surface area contributed by atoms with Crippen LogP contribution in [0.25, 0.3) is 0 Å². The molecule has 0 amide bonds. The van der Waals surface area contributed by atoms with Crippen molar-refractivity contribution in [2.24, 2.45) is 23.7 Å². The topological polar surface area (TPSA) is 23.8 Å². The predicted molar refractivity (Wildman–Crippen MR) is 108 cm³/mol. The third kappa shape index (κ3) is 8.26. The van der Waals surface area contributed by atoms with Crippen molar-refractivity contribution in [1.82, 2.24) is 0 Å². The molecule has 2 fully saturated rings. The van der Waals surface area contributed by atoms with Crippen LogP contribution in [0.3, 0.4) is 0 Å². The summed E-state index contributed by atoms with van der Waals surface area (Å²) in [4.78, 5) is 0. The lowest BCUT2D eigenvalue weighted by atomic mass is 9.78. The summed E-state index contributed by atoms with van der Waals surface area (Å²) in [5, 5.41) is 8.63.